The highest BCUT2D eigenvalue weighted by molar-refractivity contribution is 5.95. The molecule has 6 nitrogen and oxygen atoms in total. The molecular formula is C25H25N3O3. The zero-order valence-electron chi connectivity index (χ0n) is 17.7. The maximum absolute atomic E-state index is 12.7. The summed E-state index contributed by atoms with van der Waals surface area (Å²) in [6.07, 6.45) is 5.10. The van der Waals surface area contributed by atoms with E-state index >= 15 is 0 Å². The normalized spacial score (nSPS) is 19.0. The Balaban J connectivity index is 1.27. The van der Waals surface area contributed by atoms with Crippen molar-refractivity contribution in [1.82, 2.24) is 15.1 Å². The number of hydrogen-bond donors (Lipinski definition) is 1. The molecule has 1 aromatic heterocycles. The molecule has 2 atom stereocenters. The quantitative estimate of drug-likeness (QED) is 0.637. The number of nitrogens with one attached hydrogen (secondary N) is 1. The summed E-state index contributed by atoms with van der Waals surface area (Å²) in [5.41, 5.74) is 5.29. The lowest BCUT2D eigenvalue weighted by Gasteiger charge is -2.15. The summed E-state index contributed by atoms with van der Waals surface area (Å²) in [6.45, 7) is 5.15. The highest BCUT2D eigenvalue weighted by atomic mass is 16.7. The third-order valence-corrected chi connectivity index (χ3v) is 6.02. The van der Waals surface area contributed by atoms with Gasteiger partial charge in [-0.1, -0.05) is 42.5 Å². The third-order valence-electron chi connectivity index (χ3n) is 6.02. The summed E-state index contributed by atoms with van der Waals surface area (Å²) in [7, 11) is 0. The van der Waals surface area contributed by atoms with Crippen LogP contribution in [0.3, 0.4) is 0 Å². The Hall–Kier alpha value is -3.54. The van der Waals surface area contributed by atoms with Gasteiger partial charge in [0.25, 0.3) is 5.91 Å². The maximum Gasteiger partial charge on any atom is 0.251 e. The number of carbonyl (C=O) groups is 1. The number of amides is 1. The van der Waals surface area contributed by atoms with Crippen molar-refractivity contribution in [1.29, 1.82) is 0 Å². The molecule has 2 aliphatic rings. The minimum absolute atomic E-state index is 0.0146. The summed E-state index contributed by atoms with van der Waals surface area (Å²) in [6, 6.07) is 15.6. The predicted octanol–water partition coefficient (Wildman–Crippen LogP) is 4.12. The van der Waals surface area contributed by atoms with E-state index in [1.54, 1.807) is 18.2 Å². The second-order valence-corrected chi connectivity index (χ2v) is 8.10. The van der Waals surface area contributed by atoms with Gasteiger partial charge in [0.1, 0.15) is 0 Å². The largest absolute Gasteiger partial charge is 0.454 e. The molecule has 2 heterocycles. The van der Waals surface area contributed by atoms with Crippen molar-refractivity contribution in [3.63, 3.8) is 0 Å². The van der Waals surface area contributed by atoms with Crippen molar-refractivity contribution in [2.24, 2.45) is 0 Å². The topological polar surface area (TPSA) is 65.4 Å². The first-order valence-corrected chi connectivity index (χ1v) is 10.5. The Morgan fingerprint density at radius 3 is 2.74 bits per heavy atom. The monoisotopic (exact) mass is 415 g/mol. The van der Waals surface area contributed by atoms with Crippen LogP contribution in [-0.4, -0.2) is 28.5 Å². The Labute approximate surface area is 181 Å². The molecule has 1 amide bonds. The predicted molar refractivity (Wildman–Crippen MR) is 118 cm³/mol. The van der Waals surface area contributed by atoms with Crippen LogP contribution in [0.15, 0.2) is 60.7 Å². The van der Waals surface area contributed by atoms with E-state index in [-0.39, 0.29) is 24.7 Å². The molecule has 0 radical (unpaired) electrons. The molecule has 2 aromatic carbocycles. The Morgan fingerprint density at radius 1 is 1.10 bits per heavy atom. The Morgan fingerprint density at radius 2 is 1.90 bits per heavy atom. The maximum atomic E-state index is 12.7. The van der Waals surface area contributed by atoms with Crippen LogP contribution < -0.4 is 14.8 Å². The van der Waals surface area contributed by atoms with Gasteiger partial charge >= 0.3 is 0 Å². The fraction of sp³-hybridized carbons (Fsp3) is 0.280. The van der Waals surface area contributed by atoms with Crippen LogP contribution in [0.25, 0.3) is 0 Å². The van der Waals surface area contributed by atoms with Gasteiger partial charge in [0.05, 0.1) is 12.2 Å². The summed E-state index contributed by atoms with van der Waals surface area (Å²) in [4.78, 5) is 12.7. The van der Waals surface area contributed by atoms with Crippen LogP contribution in [0.4, 0.5) is 0 Å². The number of aromatic nitrogens is 2. The van der Waals surface area contributed by atoms with E-state index in [1.807, 2.05) is 6.07 Å². The van der Waals surface area contributed by atoms with Crippen molar-refractivity contribution in [3.8, 4) is 11.5 Å². The van der Waals surface area contributed by atoms with Crippen LogP contribution in [0, 0.1) is 13.8 Å². The molecule has 0 spiro atoms. The molecule has 1 aliphatic heterocycles. The van der Waals surface area contributed by atoms with Gasteiger partial charge in [-0.2, -0.15) is 5.10 Å². The van der Waals surface area contributed by atoms with E-state index < -0.39 is 0 Å². The molecule has 1 N–H and O–H groups in total. The zero-order valence-corrected chi connectivity index (χ0v) is 17.7. The number of carbonyl (C=O) groups excluding carboxylic acids is 1. The van der Waals surface area contributed by atoms with Gasteiger partial charge in [-0.25, -0.2) is 0 Å². The number of fused-ring (bicyclic) bond motifs is 1. The van der Waals surface area contributed by atoms with Gasteiger partial charge < -0.3 is 14.8 Å². The molecule has 31 heavy (non-hydrogen) atoms. The van der Waals surface area contributed by atoms with Gasteiger partial charge in [0.15, 0.2) is 11.5 Å². The number of hydrogen-bond acceptors (Lipinski definition) is 4. The number of aryl methyl sites for hydroxylation is 1. The van der Waals surface area contributed by atoms with Crippen molar-refractivity contribution >= 4 is 5.91 Å². The van der Waals surface area contributed by atoms with Crippen LogP contribution in [-0.2, 0) is 6.54 Å². The van der Waals surface area contributed by atoms with Crippen LogP contribution in [0.2, 0.25) is 0 Å². The van der Waals surface area contributed by atoms with E-state index in [0.717, 1.165) is 18.7 Å². The van der Waals surface area contributed by atoms with Crippen molar-refractivity contribution in [3.05, 3.63) is 88.8 Å². The summed E-state index contributed by atoms with van der Waals surface area (Å²) in [5.74, 6) is 1.42. The van der Waals surface area contributed by atoms with Gasteiger partial charge in [-0.15, -0.1) is 0 Å². The van der Waals surface area contributed by atoms with E-state index in [9.17, 15) is 4.79 Å². The molecule has 158 valence electrons. The van der Waals surface area contributed by atoms with Crippen LogP contribution >= 0.6 is 0 Å². The number of rotatable bonds is 5. The van der Waals surface area contributed by atoms with Gasteiger partial charge in [-0.05, 0) is 44.0 Å². The van der Waals surface area contributed by atoms with Gasteiger partial charge in [-0.3, -0.25) is 9.48 Å². The highest BCUT2D eigenvalue weighted by Gasteiger charge is 2.27. The van der Waals surface area contributed by atoms with Crippen molar-refractivity contribution in [2.45, 2.75) is 38.8 Å². The molecule has 0 saturated carbocycles. The molecule has 0 saturated heterocycles. The number of ether oxygens (including phenoxy) is 2. The van der Waals surface area contributed by atoms with Crippen molar-refractivity contribution < 1.29 is 14.3 Å². The average molecular weight is 415 g/mol. The van der Waals surface area contributed by atoms with Crippen molar-refractivity contribution in [2.75, 3.05) is 6.79 Å². The smallest absolute Gasteiger partial charge is 0.251 e. The SMILES string of the molecule is Cc1nn(Cc2ccccc2)c(C)c1[C@@H]1C=C[C@@H](NC(=O)c2ccc3c(c2)OCO3)C1. The number of benzene rings is 2. The molecular weight excluding hydrogens is 390 g/mol. The fourth-order valence-electron chi connectivity index (χ4n) is 4.47. The second kappa shape index (κ2) is 7.95. The van der Waals surface area contributed by atoms with E-state index in [2.05, 4.69) is 60.3 Å². The molecule has 0 fully saturated rings. The van der Waals surface area contributed by atoms with Crippen LogP contribution in [0.1, 0.15) is 45.2 Å². The summed E-state index contributed by atoms with van der Waals surface area (Å²) in [5, 5.41) is 7.91. The second-order valence-electron chi connectivity index (χ2n) is 8.10. The van der Waals surface area contributed by atoms with E-state index in [4.69, 9.17) is 14.6 Å². The Bertz CT molecular complexity index is 1150. The lowest BCUT2D eigenvalue weighted by Crippen LogP contribution is -2.32. The molecule has 0 bridgehead atoms. The Kier molecular flexibility index (Phi) is 4.98. The molecule has 5 rings (SSSR count). The lowest BCUT2D eigenvalue weighted by molar-refractivity contribution is 0.0943. The minimum atomic E-state index is -0.109. The minimum Gasteiger partial charge on any atom is -0.454 e. The molecule has 0 unspecified atom stereocenters. The number of allylic oxidation sites excluding steroid dienone is 1. The first-order valence-electron chi connectivity index (χ1n) is 10.5. The van der Waals surface area contributed by atoms with Gasteiger partial charge in [0.2, 0.25) is 6.79 Å². The first kappa shape index (κ1) is 19.4. The number of nitrogens with zero attached hydrogens (tertiary/aromatic N) is 2. The highest BCUT2D eigenvalue weighted by Crippen LogP contribution is 2.34. The van der Waals surface area contributed by atoms with E-state index in [0.29, 0.717) is 17.1 Å². The molecule has 1 aliphatic carbocycles. The third kappa shape index (κ3) is 3.81. The standard InChI is InChI=1S/C25H25N3O3/c1-16-24(17(2)28(27-16)14-18-6-4-3-5-7-18)19-8-10-21(12-19)26-25(29)20-9-11-22-23(13-20)31-15-30-22/h3-11,13,19,21H,12,14-15H2,1-2H3,(H,26,29)/t19-,21-/m1/s1. The zero-order chi connectivity index (χ0) is 21.4. The lowest BCUT2D eigenvalue weighted by atomic mass is 9.96. The van der Waals surface area contributed by atoms with Gasteiger partial charge in [0, 0.05) is 28.8 Å². The summed E-state index contributed by atoms with van der Waals surface area (Å²) >= 11 is 0. The van der Waals surface area contributed by atoms with Crippen LogP contribution in [0.5, 0.6) is 11.5 Å². The average Bonchev–Trinajstić information content (AvgIpc) is 3.48. The molecule has 6 heteroatoms. The fourth-order valence-corrected chi connectivity index (χ4v) is 4.47. The van der Waals surface area contributed by atoms with E-state index in [1.165, 1.54) is 16.8 Å². The molecule has 3 aromatic rings. The first-order chi connectivity index (χ1) is 15.1. The summed E-state index contributed by atoms with van der Waals surface area (Å²) < 4.78 is 12.8.